The predicted octanol–water partition coefficient (Wildman–Crippen LogP) is 5.93. The fourth-order valence-corrected chi connectivity index (χ4v) is 9.69. The van der Waals surface area contributed by atoms with E-state index in [0.717, 1.165) is 100 Å². The third-order valence-corrected chi connectivity index (χ3v) is 13.2. The molecule has 17 heteroatoms. The number of halogens is 2. The molecule has 2 saturated heterocycles. The Morgan fingerprint density at radius 3 is 2.43 bits per heavy atom. The summed E-state index contributed by atoms with van der Waals surface area (Å²) in [5.41, 5.74) is 3.07. The zero-order chi connectivity index (χ0) is 42.8. The Hall–Kier alpha value is -5.58. The Morgan fingerprint density at radius 1 is 0.967 bits per heavy atom. The molecule has 5 amide bonds. The van der Waals surface area contributed by atoms with Crippen LogP contribution >= 0.6 is 0 Å². The van der Waals surface area contributed by atoms with Gasteiger partial charge >= 0.3 is 12.0 Å². The van der Waals surface area contributed by atoms with Gasteiger partial charge in [-0.2, -0.15) is 13.8 Å². The molecule has 1 aromatic heterocycles. The maximum Gasteiger partial charge on any atom is 0.342 e. The van der Waals surface area contributed by atoms with Crippen LogP contribution in [0.15, 0.2) is 48.7 Å². The van der Waals surface area contributed by atoms with Gasteiger partial charge in [-0.15, -0.1) is 0 Å². The summed E-state index contributed by atoms with van der Waals surface area (Å²) in [7, 11) is 5.05. The maximum atomic E-state index is 15.1. The van der Waals surface area contributed by atoms with E-state index < -0.39 is 18.4 Å². The van der Waals surface area contributed by atoms with Crippen LogP contribution in [0.2, 0.25) is 0 Å². The molecular formula is C44H56F2N10O5. The zero-order valence-corrected chi connectivity index (χ0v) is 35.2. The lowest BCUT2D eigenvalue weighted by Crippen LogP contribution is -2.49. The minimum absolute atomic E-state index is 0.0598. The minimum atomic E-state index is -3.57. The summed E-state index contributed by atoms with van der Waals surface area (Å²) in [5.74, 6) is -3.86. The number of aromatic nitrogens is 2. The molecule has 15 nitrogen and oxygen atoms in total. The van der Waals surface area contributed by atoms with Gasteiger partial charge in [-0.3, -0.25) is 24.6 Å². The SMILES string of the molecule is COc1cc(C(=O)NC2CCC(N(C)CC3CCN(c4cccc(N5CCC(=O)NC5=O)c4)CC3)CC2)ccc1Nc1ncc2c(n1)N(C1CCCC1)CC(F)(F)C(=O)N2C. The van der Waals surface area contributed by atoms with Gasteiger partial charge in [-0.25, -0.2) is 9.78 Å². The lowest BCUT2D eigenvalue weighted by molar-refractivity contribution is -0.140. The monoisotopic (exact) mass is 842 g/mol. The maximum absolute atomic E-state index is 15.1. The van der Waals surface area contributed by atoms with Gasteiger partial charge in [0, 0.05) is 74.7 Å². The number of hydrogen-bond acceptors (Lipinski definition) is 11. The number of benzene rings is 2. The van der Waals surface area contributed by atoms with Crippen LogP contribution in [-0.2, 0) is 9.59 Å². The molecule has 5 aliphatic rings. The predicted molar refractivity (Wildman–Crippen MR) is 229 cm³/mol. The molecule has 0 bridgehead atoms. The highest BCUT2D eigenvalue weighted by molar-refractivity contribution is 6.06. The number of rotatable bonds is 11. The summed E-state index contributed by atoms with van der Waals surface area (Å²) >= 11 is 0. The number of piperidine rings is 1. The molecule has 3 aromatic rings. The molecule has 8 rings (SSSR count). The molecule has 3 aliphatic heterocycles. The first kappa shape index (κ1) is 42.1. The average Bonchev–Trinajstić information content (AvgIpc) is 3.79. The molecule has 2 aromatic carbocycles. The average molecular weight is 843 g/mol. The van der Waals surface area contributed by atoms with E-state index in [1.165, 1.54) is 20.4 Å². The van der Waals surface area contributed by atoms with Crippen LogP contribution in [0.5, 0.6) is 5.75 Å². The first-order chi connectivity index (χ1) is 29.4. The smallest absolute Gasteiger partial charge is 0.342 e. The fraction of sp³-hybridized carbons (Fsp3) is 0.545. The Balaban J connectivity index is 0.819. The van der Waals surface area contributed by atoms with E-state index >= 15 is 8.78 Å². The van der Waals surface area contributed by atoms with E-state index in [1.807, 2.05) is 18.2 Å². The quantitative estimate of drug-likeness (QED) is 0.211. The number of urea groups is 1. The van der Waals surface area contributed by atoms with Crippen molar-refractivity contribution in [3.63, 3.8) is 0 Å². The highest BCUT2D eigenvalue weighted by atomic mass is 19.3. The number of amides is 5. The minimum Gasteiger partial charge on any atom is -0.495 e. The molecule has 0 radical (unpaired) electrons. The van der Waals surface area contributed by atoms with Gasteiger partial charge in [0.05, 0.1) is 25.5 Å². The van der Waals surface area contributed by atoms with Gasteiger partial charge in [0.25, 0.3) is 11.8 Å². The summed E-state index contributed by atoms with van der Waals surface area (Å²) in [6.07, 6.45) is 10.9. The van der Waals surface area contributed by atoms with Crippen LogP contribution < -0.4 is 40.3 Å². The largest absolute Gasteiger partial charge is 0.495 e. The van der Waals surface area contributed by atoms with Crippen LogP contribution in [0, 0.1) is 5.92 Å². The van der Waals surface area contributed by atoms with Gasteiger partial charge in [0.1, 0.15) is 11.4 Å². The highest BCUT2D eigenvalue weighted by Gasteiger charge is 2.49. The van der Waals surface area contributed by atoms with Crippen molar-refractivity contribution in [2.45, 2.75) is 94.7 Å². The van der Waals surface area contributed by atoms with E-state index in [2.05, 4.69) is 48.8 Å². The van der Waals surface area contributed by atoms with Crippen molar-refractivity contribution in [2.24, 2.45) is 5.92 Å². The molecular weight excluding hydrogens is 787 g/mol. The van der Waals surface area contributed by atoms with Crippen molar-refractivity contribution in [3.8, 4) is 5.75 Å². The van der Waals surface area contributed by atoms with E-state index in [4.69, 9.17) is 4.74 Å². The number of nitrogens with zero attached hydrogens (tertiary/aromatic N) is 7. The Bertz CT molecular complexity index is 2120. The molecule has 2 saturated carbocycles. The van der Waals surface area contributed by atoms with Gasteiger partial charge in [-0.1, -0.05) is 18.9 Å². The summed E-state index contributed by atoms with van der Waals surface area (Å²) < 4.78 is 35.8. The first-order valence-electron chi connectivity index (χ1n) is 21.6. The number of methoxy groups -OCH3 is 1. The van der Waals surface area contributed by atoms with Crippen LogP contribution in [0.4, 0.5) is 48.1 Å². The lowest BCUT2D eigenvalue weighted by Gasteiger charge is -2.39. The summed E-state index contributed by atoms with van der Waals surface area (Å²) in [5, 5.41) is 8.78. The second-order valence-corrected chi connectivity index (χ2v) is 17.2. The van der Waals surface area contributed by atoms with Crippen molar-refractivity contribution in [2.75, 3.05) is 78.8 Å². The number of carbonyl (C=O) groups is 4. The molecule has 2 aliphatic carbocycles. The fourth-order valence-electron chi connectivity index (χ4n) is 9.69. The number of anilines is 6. The second kappa shape index (κ2) is 17.8. The highest BCUT2D eigenvalue weighted by Crippen LogP contribution is 2.40. The molecule has 0 spiro atoms. The number of hydrogen-bond donors (Lipinski definition) is 3. The first-order valence-corrected chi connectivity index (χ1v) is 21.6. The van der Waals surface area contributed by atoms with Crippen molar-refractivity contribution in [3.05, 3.63) is 54.2 Å². The van der Waals surface area contributed by atoms with Gasteiger partial charge in [-0.05, 0) is 101 Å². The van der Waals surface area contributed by atoms with Gasteiger partial charge in [0.15, 0.2) is 5.82 Å². The van der Waals surface area contributed by atoms with Crippen molar-refractivity contribution >= 4 is 58.3 Å². The number of ether oxygens (including phenoxy) is 1. The molecule has 326 valence electrons. The van der Waals surface area contributed by atoms with Crippen molar-refractivity contribution in [1.82, 2.24) is 25.5 Å². The molecule has 61 heavy (non-hydrogen) atoms. The standard InChI is InChI=1S/C44H56F2N10O5/c1-52(26-28-17-20-54(21-18-28)33-9-6-10-34(24-33)55-22-19-38(57)50-43(55)60)31-14-12-30(13-15-31)48-40(58)29-11-16-35(37(23-29)61-3)49-42-47-25-36-39(51-42)56(32-7-4-5-8-32)27-44(45,46)41(59)53(36)2/h6,9-11,16,23-25,28,30-32H,4-5,7-8,12-15,17-22,26-27H2,1-3H3,(H,48,58)(H,47,49,51)(H,50,57,60). The molecule has 0 atom stereocenters. The van der Waals surface area contributed by atoms with Gasteiger partial charge in [0.2, 0.25) is 11.9 Å². The normalized spacial score (nSPS) is 22.6. The Kier molecular flexibility index (Phi) is 12.3. The van der Waals surface area contributed by atoms with Crippen LogP contribution in [-0.4, -0.2) is 117 Å². The van der Waals surface area contributed by atoms with E-state index in [0.29, 0.717) is 41.9 Å². The molecule has 4 fully saturated rings. The summed E-state index contributed by atoms with van der Waals surface area (Å²) in [6, 6.07) is 13.1. The Morgan fingerprint density at radius 2 is 1.70 bits per heavy atom. The lowest BCUT2D eigenvalue weighted by atomic mass is 9.88. The van der Waals surface area contributed by atoms with Crippen molar-refractivity contribution < 1.29 is 32.7 Å². The van der Waals surface area contributed by atoms with E-state index in [1.54, 1.807) is 28.0 Å². The molecule has 4 heterocycles. The molecule has 0 unspecified atom stereocenters. The zero-order valence-electron chi connectivity index (χ0n) is 35.2. The van der Waals surface area contributed by atoms with Crippen LogP contribution in [0.1, 0.15) is 81.0 Å². The third kappa shape index (κ3) is 9.21. The number of fused-ring (bicyclic) bond motifs is 1. The number of alkyl halides is 2. The van der Waals surface area contributed by atoms with Crippen LogP contribution in [0.25, 0.3) is 0 Å². The summed E-state index contributed by atoms with van der Waals surface area (Å²) in [6.45, 7) is 2.55. The number of carbonyl (C=O) groups excluding carboxylic acids is 4. The Labute approximate surface area is 355 Å². The summed E-state index contributed by atoms with van der Waals surface area (Å²) in [4.78, 5) is 68.2. The second-order valence-electron chi connectivity index (χ2n) is 17.2. The van der Waals surface area contributed by atoms with Crippen LogP contribution in [0.3, 0.4) is 0 Å². The van der Waals surface area contributed by atoms with E-state index in [9.17, 15) is 19.2 Å². The van der Waals surface area contributed by atoms with E-state index in [-0.39, 0.29) is 47.4 Å². The third-order valence-electron chi connectivity index (χ3n) is 13.2. The van der Waals surface area contributed by atoms with Gasteiger partial charge < -0.3 is 35.0 Å². The topological polar surface area (TPSA) is 156 Å². The van der Waals surface area contributed by atoms with Crippen molar-refractivity contribution in [1.29, 1.82) is 0 Å². The number of nitrogens with one attached hydrogen (secondary N) is 3. The molecule has 3 N–H and O–H groups in total. The number of imide groups is 1.